The Morgan fingerprint density at radius 1 is 1.10 bits per heavy atom. The number of thiazole rings is 1. The van der Waals surface area contributed by atoms with Gasteiger partial charge in [-0.3, -0.25) is 14.7 Å². The van der Waals surface area contributed by atoms with Gasteiger partial charge in [0.25, 0.3) is 5.91 Å². The molecule has 1 amide bonds. The number of methoxy groups -OCH3 is 1. The lowest BCUT2D eigenvalue weighted by molar-refractivity contribution is -0.120. The van der Waals surface area contributed by atoms with Crippen molar-refractivity contribution in [2.75, 3.05) is 18.6 Å². The highest BCUT2D eigenvalue weighted by atomic mass is 32.1. The van der Waals surface area contributed by atoms with Gasteiger partial charge in [0.15, 0.2) is 11.7 Å². The number of benzene rings is 2. The van der Waals surface area contributed by atoms with E-state index in [4.69, 9.17) is 9.47 Å². The monoisotopic (exact) mass is 423 g/mol. The minimum absolute atomic E-state index is 0.217. The molecule has 8 heteroatoms. The molecule has 6 nitrogen and oxygen atoms in total. The lowest BCUT2D eigenvalue weighted by Crippen LogP contribution is -2.34. The molecule has 4 aromatic rings. The van der Waals surface area contributed by atoms with E-state index < -0.39 is 0 Å². The van der Waals surface area contributed by atoms with Gasteiger partial charge in [-0.2, -0.15) is 0 Å². The first kappa shape index (κ1) is 19.8. The van der Waals surface area contributed by atoms with Crippen LogP contribution in [0.3, 0.4) is 0 Å². The quantitative estimate of drug-likeness (QED) is 0.439. The Kier molecular flexibility index (Phi) is 5.85. The Morgan fingerprint density at radius 2 is 1.93 bits per heavy atom. The Labute approximate surface area is 176 Å². The third-order valence-corrected chi connectivity index (χ3v) is 5.39. The summed E-state index contributed by atoms with van der Waals surface area (Å²) in [6.07, 6.45) is 1.67. The van der Waals surface area contributed by atoms with E-state index in [1.54, 1.807) is 13.3 Å². The molecule has 0 saturated carbocycles. The van der Waals surface area contributed by atoms with Crippen molar-refractivity contribution in [2.45, 2.75) is 6.54 Å². The van der Waals surface area contributed by atoms with Gasteiger partial charge in [0.1, 0.15) is 22.8 Å². The summed E-state index contributed by atoms with van der Waals surface area (Å²) in [6.45, 7) is 0.0279. The van der Waals surface area contributed by atoms with Crippen molar-refractivity contribution in [1.82, 2.24) is 9.97 Å². The summed E-state index contributed by atoms with van der Waals surface area (Å²) >= 11 is 1.39. The molecule has 152 valence electrons. The molecule has 0 unspecified atom stereocenters. The van der Waals surface area contributed by atoms with Crippen LogP contribution in [0.2, 0.25) is 0 Å². The van der Waals surface area contributed by atoms with Gasteiger partial charge in [-0.25, -0.2) is 9.37 Å². The number of rotatable bonds is 7. The van der Waals surface area contributed by atoms with Crippen LogP contribution in [0.5, 0.6) is 11.5 Å². The van der Waals surface area contributed by atoms with E-state index in [-0.39, 0.29) is 24.9 Å². The number of amides is 1. The lowest BCUT2D eigenvalue weighted by Gasteiger charge is -2.19. The van der Waals surface area contributed by atoms with Crippen molar-refractivity contribution in [1.29, 1.82) is 0 Å². The molecule has 30 heavy (non-hydrogen) atoms. The van der Waals surface area contributed by atoms with E-state index >= 15 is 0 Å². The normalized spacial score (nSPS) is 10.7. The number of fused-ring (bicyclic) bond motifs is 1. The molecule has 0 atom stereocenters. The van der Waals surface area contributed by atoms with Crippen molar-refractivity contribution in [3.05, 3.63) is 78.4 Å². The number of nitrogens with zero attached hydrogens (tertiary/aromatic N) is 3. The van der Waals surface area contributed by atoms with E-state index in [1.807, 2.05) is 36.4 Å². The second kappa shape index (κ2) is 8.87. The zero-order valence-electron chi connectivity index (χ0n) is 16.1. The molecule has 0 bridgehead atoms. The van der Waals surface area contributed by atoms with E-state index in [1.165, 1.54) is 40.5 Å². The Hall–Kier alpha value is -3.52. The van der Waals surface area contributed by atoms with Gasteiger partial charge < -0.3 is 9.47 Å². The fraction of sp³-hybridized carbons (Fsp3) is 0.136. The summed E-state index contributed by atoms with van der Waals surface area (Å²) in [5.41, 5.74) is 1.41. The maximum atomic E-state index is 13.1. The predicted octanol–water partition coefficient (Wildman–Crippen LogP) is 4.45. The number of para-hydroxylation sites is 1. The zero-order chi connectivity index (χ0) is 20.9. The highest BCUT2D eigenvalue weighted by Crippen LogP contribution is 2.34. The second-order valence-electron chi connectivity index (χ2n) is 6.35. The average molecular weight is 423 g/mol. The van der Waals surface area contributed by atoms with Crippen LogP contribution in [0.1, 0.15) is 5.69 Å². The zero-order valence-corrected chi connectivity index (χ0v) is 16.9. The maximum absolute atomic E-state index is 13.1. The molecular formula is C22H18FN3O3S. The Morgan fingerprint density at radius 3 is 2.67 bits per heavy atom. The number of halogens is 1. The SMILES string of the molecule is COc1cccc2sc(N(Cc3ccccn3)C(=O)COc3ccc(F)cc3)nc12. The maximum Gasteiger partial charge on any atom is 0.267 e. The van der Waals surface area contributed by atoms with Gasteiger partial charge in [0.05, 0.1) is 24.0 Å². The highest BCUT2D eigenvalue weighted by Gasteiger charge is 2.22. The molecule has 2 aromatic heterocycles. The number of hydrogen-bond donors (Lipinski definition) is 0. The molecule has 2 aromatic carbocycles. The van der Waals surface area contributed by atoms with Crippen molar-refractivity contribution in [2.24, 2.45) is 0 Å². The van der Waals surface area contributed by atoms with Crippen molar-refractivity contribution in [3.8, 4) is 11.5 Å². The average Bonchev–Trinajstić information content (AvgIpc) is 3.21. The van der Waals surface area contributed by atoms with Crippen molar-refractivity contribution < 1.29 is 18.7 Å². The molecule has 0 aliphatic carbocycles. The van der Waals surface area contributed by atoms with Crippen molar-refractivity contribution >= 4 is 32.6 Å². The number of anilines is 1. The lowest BCUT2D eigenvalue weighted by atomic mass is 10.3. The number of carbonyl (C=O) groups excluding carboxylic acids is 1. The van der Waals surface area contributed by atoms with Crippen LogP contribution in [0.25, 0.3) is 10.2 Å². The minimum Gasteiger partial charge on any atom is -0.494 e. The molecule has 0 spiro atoms. The first-order chi connectivity index (χ1) is 14.6. The summed E-state index contributed by atoms with van der Waals surface area (Å²) in [7, 11) is 1.58. The number of carbonyl (C=O) groups is 1. The Balaban J connectivity index is 1.62. The van der Waals surface area contributed by atoms with Crippen LogP contribution in [-0.4, -0.2) is 29.6 Å². The third kappa shape index (κ3) is 4.38. The first-order valence-electron chi connectivity index (χ1n) is 9.16. The van der Waals surface area contributed by atoms with Crippen LogP contribution in [0.4, 0.5) is 9.52 Å². The number of aromatic nitrogens is 2. The first-order valence-corrected chi connectivity index (χ1v) is 9.98. The molecule has 0 aliphatic heterocycles. The molecule has 0 N–H and O–H groups in total. The predicted molar refractivity (Wildman–Crippen MR) is 113 cm³/mol. The molecule has 2 heterocycles. The van der Waals surface area contributed by atoms with E-state index in [0.717, 1.165) is 10.4 Å². The van der Waals surface area contributed by atoms with Gasteiger partial charge >= 0.3 is 0 Å². The van der Waals surface area contributed by atoms with Crippen LogP contribution in [-0.2, 0) is 11.3 Å². The number of ether oxygens (including phenoxy) is 2. The fourth-order valence-electron chi connectivity index (χ4n) is 2.86. The standard InChI is InChI=1S/C22H18FN3O3S/c1-28-18-6-4-7-19-21(18)25-22(30-19)26(13-16-5-2-3-12-24-16)20(27)14-29-17-10-8-15(23)9-11-17/h2-12H,13-14H2,1H3. The van der Waals surface area contributed by atoms with Crippen LogP contribution in [0.15, 0.2) is 66.9 Å². The van der Waals surface area contributed by atoms with Crippen LogP contribution >= 0.6 is 11.3 Å². The summed E-state index contributed by atoms with van der Waals surface area (Å²) in [5.74, 6) is 0.396. The van der Waals surface area contributed by atoms with Crippen molar-refractivity contribution in [3.63, 3.8) is 0 Å². The second-order valence-corrected chi connectivity index (χ2v) is 7.36. The largest absolute Gasteiger partial charge is 0.494 e. The molecule has 4 rings (SSSR count). The molecule has 0 aliphatic rings. The molecule has 0 saturated heterocycles. The Bertz CT molecular complexity index is 1150. The number of pyridine rings is 1. The van der Waals surface area contributed by atoms with Gasteiger partial charge in [-0.15, -0.1) is 0 Å². The van der Waals surface area contributed by atoms with E-state index in [0.29, 0.717) is 22.1 Å². The fourth-order valence-corrected chi connectivity index (χ4v) is 3.86. The summed E-state index contributed by atoms with van der Waals surface area (Å²) < 4.78 is 24.9. The summed E-state index contributed by atoms with van der Waals surface area (Å²) in [5, 5.41) is 0.521. The van der Waals surface area contributed by atoms with E-state index in [9.17, 15) is 9.18 Å². The minimum atomic E-state index is -0.367. The van der Waals surface area contributed by atoms with Crippen LogP contribution < -0.4 is 14.4 Å². The molecule has 0 radical (unpaired) electrons. The van der Waals surface area contributed by atoms with Crippen LogP contribution in [0, 0.1) is 5.82 Å². The highest BCUT2D eigenvalue weighted by molar-refractivity contribution is 7.22. The van der Waals surface area contributed by atoms with E-state index in [2.05, 4.69) is 9.97 Å². The van der Waals surface area contributed by atoms with Gasteiger partial charge in [-0.1, -0.05) is 23.5 Å². The third-order valence-electron chi connectivity index (χ3n) is 4.34. The smallest absolute Gasteiger partial charge is 0.267 e. The summed E-state index contributed by atoms with van der Waals surface area (Å²) in [4.78, 5) is 23.5. The summed E-state index contributed by atoms with van der Waals surface area (Å²) in [6, 6.07) is 16.7. The molecular weight excluding hydrogens is 405 g/mol. The topological polar surface area (TPSA) is 64.5 Å². The number of hydrogen-bond acceptors (Lipinski definition) is 6. The van der Waals surface area contributed by atoms with Gasteiger partial charge in [-0.05, 0) is 48.5 Å². The molecule has 0 fully saturated rings. The van der Waals surface area contributed by atoms with Gasteiger partial charge in [0, 0.05) is 6.20 Å². The van der Waals surface area contributed by atoms with Gasteiger partial charge in [0.2, 0.25) is 0 Å².